The fourth-order valence-corrected chi connectivity index (χ4v) is 2.51. The topological polar surface area (TPSA) is 17.1 Å². The number of hydrogen-bond acceptors (Lipinski definition) is 2. The Hall–Kier alpha value is -1.41. The van der Waals surface area contributed by atoms with Gasteiger partial charge in [-0.1, -0.05) is 31.2 Å². The summed E-state index contributed by atoms with van der Waals surface area (Å²) in [6.07, 6.45) is 1.92. The minimum absolute atomic E-state index is 0.788. The fraction of sp³-hybridized carbons (Fsp3) is 0.154. The molecule has 0 unspecified atom stereocenters. The molecule has 2 rings (SSSR count). The predicted octanol–water partition coefficient (Wildman–Crippen LogP) is 3.79. The first-order chi connectivity index (χ1) is 7.35. The molecule has 0 N–H and O–H groups in total. The van der Waals surface area contributed by atoms with Crippen molar-refractivity contribution in [2.75, 3.05) is 0 Å². The SMILES string of the molecule is CCc1ccccc1-c1ccc(C=O)s1. The highest BCUT2D eigenvalue weighted by atomic mass is 32.1. The van der Waals surface area contributed by atoms with E-state index in [2.05, 4.69) is 25.1 Å². The average Bonchev–Trinajstić information content (AvgIpc) is 2.77. The van der Waals surface area contributed by atoms with Gasteiger partial charge in [0, 0.05) is 4.88 Å². The van der Waals surface area contributed by atoms with Gasteiger partial charge in [-0.15, -0.1) is 11.3 Å². The molecule has 1 aromatic carbocycles. The van der Waals surface area contributed by atoms with Gasteiger partial charge in [-0.2, -0.15) is 0 Å². The first-order valence-corrected chi connectivity index (χ1v) is 5.80. The van der Waals surface area contributed by atoms with Crippen LogP contribution in [0.25, 0.3) is 10.4 Å². The smallest absolute Gasteiger partial charge is 0.160 e. The van der Waals surface area contributed by atoms with Gasteiger partial charge in [0.25, 0.3) is 0 Å². The molecular formula is C13H12OS. The number of rotatable bonds is 3. The zero-order chi connectivity index (χ0) is 10.7. The quantitative estimate of drug-likeness (QED) is 0.713. The van der Waals surface area contributed by atoms with Crippen LogP contribution in [0.3, 0.4) is 0 Å². The van der Waals surface area contributed by atoms with Crippen molar-refractivity contribution in [1.82, 2.24) is 0 Å². The minimum Gasteiger partial charge on any atom is -0.297 e. The van der Waals surface area contributed by atoms with E-state index in [9.17, 15) is 4.79 Å². The van der Waals surface area contributed by atoms with Crippen LogP contribution >= 0.6 is 11.3 Å². The molecule has 2 aromatic rings. The van der Waals surface area contributed by atoms with E-state index in [0.717, 1.165) is 17.6 Å². The van der Waals surface area contributed by atoms with Crippen LogP contribution in [-0.2, 0) is 6.42 Å². The molecule has 0 spiro atoms. The molecule has 1 nitrogen and oxygen atoms in total. The number of benzene rings is 1. The lowest BCUT2D eigenvalue weighted by Gasteiger charge is -2.04. The van der Waals surface area contributed by atoms with Crippen molar-refractivity contribution in [2.24, 2.45) is 0 Å². The van der Waals surface area contributed by atoms with Crippen molar-refractivity contribution in [3.63, 3.8) is 0 Å². The Balaban J connectivity index is 2.48. The second kappa shape index (κ2) is 4.41. The van der Waals surface area contributed by atoms with E-state index in [1.54, 1.807) is 11.3 Å². The summed E-state index contributed by atoms with van der Waals surface area (Å²) in [6.45, 7) is 2.15. The Labute approximate surface area is 93.4 Å². The maximum atomic E-state index is 10.6. The number of hydrogen-bond donors (Lipinski definition) is 0. The molecule has 15 heavy (non-hydrogen) atoms. The number of thiophene rings is 1. The second-order valence-corrected chi connectivity index (χ2v) is 4.45. The van der Waals surface area contributed by atoms with E-state index in [1.165, 1.54) is 16.0 Å². The van der Waals surface area contributed by atoms with E-state index in [-0.39, 0.29) is 0 Å². The van der Waals surface area contributed by atoms with Crippen LogP contribution in [0.2, 0.25) is 0 Å². The van der Waals surface area contributed by atoms with Gasteiger partial charge in [-0.3, -0.25) is 4.79 Å². The zero-order valence-corrected chi connectivity index (χ0v) is 9.38. The highest BCUT2D eigenvalue weighted by Gasteiger charge is 2.05. The Morgan fingerprint density at radius 3 is 2.67 bits per heavy atom. The van der Waals surface area contributed by atoms with Gasteiger partial charge in [0.15, 0.2) is 6.29 Å². The standard InChI is InChI=1S/C13H12OS/c1-2-10-5-3-4-6-12(10)13-8-7-11(9-14)15-13/h3-9H,2H2,1H3. The molecule has 1 aromatic heterocycles. The van der Waals surface area contributed by atoms with Crippen molar-refractivity contribution >= 4 is 17.6 Å². The molecule has 0 saturated carbocycles. The monoisotopic (exact) mass is 216 g/mol. The highest BCUT2D eigenvalue weighted by molar-refractivity contribution is 7.17. The lowest BCUT2D eigenvalue weighted by Crippen LogP contribution is -1.83. The van der Waals surface area contributed by atoms with Crippen LogP contribution in [0.4, 0.5) is 0 Å². The summed E-state index contributed by atoms with van der Waals surface area (Å²) in [7, 11) is 0. The molecule has 2 heteroatoms. The third kappa shape index (κ3) is 2.00. The van der Waals surface area contributed by atoms with E-state index < -0.39 is 0 Å². The van der Waals surface area contributed by atoms with Crippen molar-refractivity contribution in [3.8, 4) is 10.4 Å². The molecule has 0 aliphatic heterocycles. The molecule has 0 atom stereocenters. The van der Waals surface area contributed by atoms with Crippen molar-refractivity contribution < 1.29 is 4.79 Å². The Bertz CT molecular complexity index is 471. The summed E-state index contributed by atoms with van der Waals surface area (Å²) in [5, 5.41) is 0. The number of carbonyl (C=O) groups is 1. The lowest BCUT2D eigenvalue weighted by atomic mass is 10.0. The van der Waals surface area contributed by atoms with Gasteiger partial charge in [-0.25, -0.2) is 0 Å². The summed E-state index contributed by atoms with van der Waals surface area (Å²) in [5.74, 6) is 0. The maximum absolute atomic E-state index is 10.6. The molecule has 76 valence electrons. The highest BCUT2D eigenvalue weighted by Crippen LogP contribution is 2.30. The van der Waals surface area contributed by atoms with Gasteiger partial charge >= 0.3 is 0 Å². The molecule has 0 aliphatic rings. The van der Waals surface area contributed by atoms with Crippen LogP contribution in [0.15, 0.2) is 36.4 Å². The minimum atomic E-state index is 0.788. The molecule has 0 fully saturated rings. The van der Waals surface area contributed by atoms with Crippen LogP contribution in [-0.4, -0.2) is 6.29 Å². The zero-order valence-electron chi connectivity index (χ0n) is 8.57. The van der Waals surface area contributed by atoms with Crippen LogP contribution in [0.5, 0.6) is 0 Å². The summed E-state index contributed by atoms with van der Waals surface area (Å²) in [6, 6.07) is 12.2. The first kappa shape index (κ1) is 10.1. The average molecular weight is 216 g/mol. The third-order valence-electron chi connectivity index (χ3n) is 2.41. The number of carbonyl (C=O) groups excluding carboxylic acids is 1. The number of aldehydes is 1. The Morgan fingerprint density at radius 1 is 1.20 bits per heavy atom. The normalized spacial score (nSPS) is 10.2. The van der Waals surface area contributed by atoms with Gasteiger partial charge in [0.1, 0.15) is 0 Å². The van der Waals surface area contributed by atoms with Gasteiger partial charge < -0.3 is 0 Å². The lowest BCUT2D eigenvalue weighted by molar-refractivity contribution is 0.112. The summed E-state index contributed by atoms with van der Waals surface area (Å²) < 4.78 is 0. The Kier molecular flexibility index (Phi) is 2.97. The van der Waals surface area contributed by atoms with Gasteiger partial charge in [0.05, 0.1) is 4.88 Å². The van der Waals surface area contributed by atoms with Crippen molar-refractivity contribution in [2.45, 2.75) is 13.3 Å². The van der Waals surface area contributed by atoms with E-state index >= 15 is 0 Å². The van der Waals surface area contributed by atoms with Crippen LogP contribution < -0.4 is 0 Å². The molecule has 0 bridgehead atoms. The molecule has 0 amide bonds. The fourth-order valence-electron chi connectivity index (χ4n) is 1.63. The molecule has 0 aliphatic carbocycles. The van der Waals surface area contributed by atoms with Gasteiger partial charge in [-0.05, 0) is 29.7 Å². The van der Waals surface area contributed by atoms with Crippen LogP contribution in [0, 0.1) is 0 Å². The molecule has 0 saturated heterocycles. The largest absolute Gasteiger partial charge is 0.297 e. The summed E-state index contributed by atoms with van der Waals surface area (Å²) >= 11 is 1.55. The van der Waals surface area contributed by atoms with E-state index in [1.807, 2.05) is 18.2 Å². The summed E-state index contributed by atoms with van der Waals surface area (Å²) in [5.41, 5.74) is 2.58. The molecular weight excluding hydrogens is 204 g/mol. The molecule has 0 radical (unpaired) electrons. The second-order valence-electron chi connectivity index (χ2n) is 3.33. The van der Waals surface area contributed by atoms with E-state index in [0.29, 0.717) is 0 Å². The first-order valence-electron chi connectivity index (χ1n) is 4.98. The van der Waals surface area contributed by atoms with E-state index in [4.69, 9.17) is 0 Å². The Morgan fingerprint density at radius 2 is 2.00 bits per heavy atom. The maximum Gasteiger partial charge on any atom is 0.160 e. The molecule has 1 heterocycles. The number of aryl methyl sites for hydroxylation is 1. The van der Waals surface area contributed by atoms with Gasteiger partial charge in [0.2, 0.25) is 0 Å². The van der Waals surface area contributed by atoms with Crippen molar-refractivity contribution in [1.29, 1.82) is 0 Å². The van der Waals surface area contributed by atoms with Crippen LogP contribution in [0.1, 0.15) is 22.2 Å². The summed E-state index contributed by atoms with van der Waals surface area (Å²) in [4.78, 5) is 12.6. The third-order valence-corrected chi connectivity index (χ3v) is 3.45. The van der Waals surface area contributed by atoms with Crippen molar-refractivity contribution in [3.05, 3.63) is 46.8 Å². The predicted molar refractivity (Wildman–Crippen MR) is 64.5 cm³/mol.